The quantitative estimate of drug-likeness (QED) is 0.358. The summed E-state index contributed by atoms with van der Waals surface area (Å²) in [6.07, 6.45) is 1.53. The van der Waals surface area contributed by atoms with Crippen LogP contribution in [0.2, 0.25) is 0 Å². The summed E-state index contributed by atoms with van der Waals surface area (Å²) in [6.45, 7) is 1.85. The largest absolute Gasteiger partial charge is 0.505 e. The molecule has 170 valence electrons. The molecule has 1 aliphatic heterocycles. The van der Waals surface area contributed by atoms with Gasteiger partial charge < -0.3 is 5.11 Å². The summed E-state index contributed by atoms with van der Waals surface area (Å²) in [7, 11) is -3.83. The summed E-state index contributed by atoms with van der Waals surface area (Å²) >= 11 is 0. The van der Waals surface area contributed by atoms with Gasteiger partial charge in [-0.15, -0.1) is 4.83 Å². The third kappa shape index (κ3) is 3.53. The standard InChI is InChI=1S/C23H21FN4O4S/c1-14-9-10-18(24)21-17(14)13-28(26-33(21,31)32)19-20(29)16-8-5-11-25-22(16)27(23(19)30)12-15-6-3-2-4-7-15/h2-11,26,29,31-32H,12-13H2,1H3. The van der Waals surface area contributed by atoms with Gasteiger partial charge in [-0.25, -0.2) is 9.37 Å². The molecule has 0 radical (unpaired) electrons. The maximum atomic E-state index is 14.5. The van der Waals surface area contributed by atoms with Gasteiger partial charge in [0.15, 0.2) is 11.4 Å². The average Bonchev–Trinajstić information content (AvgIpc) is 2.79. The lowest BCUT2D eigenvalue weighted by Crippen LogP contribution is -2.47. The topological polar surface area (TPSA) is 111 Å². The van der Waals surface area contributed by atoms with E-state index < -0.39 is 22.2 Å². The summed E-state index contributed by atoms with van der Waals surface area (Å²) in [6, 6.07) is 15.3. The number of pyridine rings is 2. The zero-order valence-electron chi connectivity index (χ0n) is 17.6. The number of fused-ring (bicyclic) bond motifs is 2. The van der Waals surface area contributed by atoms with Crippen LogP contribution >= 0.6 is 10.8 Å². The van der Waals surface area contributed by atoms with Crippen LogP contribution in [-0.2, 0) is 13.1 Å². The lowest BCUT2D eigenvalue weighted by molar-refractivity contribution is 0.438. The van der Waals surface area contributed by atoms with E-state index in [1.807, 2.05) is 30.3 Å². The molecule has 3 heterocycles. The Labute approximate surface area is 190 Å². The molecule has 33 heavy (non-hydrogen) atoms. The minimum atomic E-state index is -3.83. The van der Waals surface area contributed by atoms with Gasteiger partial charge in [-0.05, 0) is 36.2 Å². The number of nitrogens with one attached hydrogen (secondary N) is 1. The first-order valence-corrected chi connectivity index (χ1v) is 11.7. The molecule has 4 N–H and O–H groups in total. The molecule has 0 saturated carbocycles. The third-order valence-electron chi connectivity index (χ3n) is 5.71. The van der Waals surface area contributed by atoms with Crippen molar-refractivity contribution in [2.45, 2.75) is 24.9 Å². The van der Waals surface area contributed by atoms with Crippen LogP contribution in [-0.4, -0.2) is 23.8 Å². The number of benzene rings is 2. The van der Waals surface area contributed by atoms with Gasteiger partial charge in [0, 0.05) is 11.8 Å². The zero-order valence-corrected chi connectivity index (χ0v) is 18.4. The number of hydrogen-bond acceptors (Lipinski definition) is 7. The van der Waals surface area contributed by atoms with E-state index in [0.717, 1.165) is 5.56 Å². The van der Waals surface area contributed by atoms with Crippen molar-refractivity contribution in [1.29, 1.82) is 0 Å². The van der Waals surface area contributed by atoms with E-state index in [2.05, 4.69) is 9.82 Å². The summed E-state index contributed by atoms with van der Waals surface area (Å²) < 4.78 is 37.3. The number of hydrazine groups is 1. The van der Waals surface area contributed by atoms with Crippen LogP contribution in [0.1, 0.15) is 16.7 Å². The van der Waals surface area contributed by atoms with Gasteiger partial charge in [-0.2, -0.15) is 0 Å². The Hall–Kier alpha value is -3.44. The van der Waals surface area contributed by atoms with Crippen molar-refractivity contribution in [2.75, 3.05) is 5.01 Å². The molecule has 0 saturated heterocycles. The normalized spacial score (nSPS) is 15.9. The van der Waals surface area contributed by atoms with Crippen LogP contribution in [0, 0.1) is 12.7 Å². The molecule has 0 unspecified atom stereocenters. The number of nitrogens with zero attached hydrogens (tertiary/aromatic N) is 3. The van der Waals surface area contributed by atoms with Crippen molar-refractivity contribution in [3.8, 4) is 5.75 Å². The maximum absolute atomic E-state index is 14.5. The Kier molecular flexibility index (Phi) is 5.09. The zero-order chi connectivity index (χ0) is 23.3. The molecule has 2 aromatic carbocycles. The van der Waals surface area contributed by atoms with Crippen LogP contribution in [0.25, 0.3) is 11.0 Å². The number of hydrogen-bond donors (Lipinski definition) is 4. The highest BCUT2D eigenvalue weighted by atomic mass is 32.3. The highest BCUT2D eigenvalue weighted by molar-refractivity contribution is 8.22. The van der Waals surface area contributed by atoms with Gasteiger partial charge in [-0.1, -0.05) is 47.2 Å². The monoisotopic (exact) mass is 468 g/mol. The van der Waals surface area contributed by atoms with Crippen molar-refractivity contribution in [3.63, 3.8) is 0 Å². The average molecular weight is 469 g/mol. The van der Waals surface area contributed by atoms with E-state index in [-0.39, 0.29) is 29.4 Å². The summed E-state index contributed by atoms with van der Waals surface area (Å²) in [5.41, 5.74) is 1.35. The number of anilines is 1. The van der Waals surface area contributed by atoms with Crippen molar-refractivity contribution < 1.29 is 18.6 Å². The van der Waals surface area contributed by atoms with E-state index in [1.54, 1.807) is 19.1 Å². The molecule has 0 aliphatic carbocycles. The second kappa shape index (κ2) is 7.85. The van der Waals surface area contributed by atoms with Crippen molar-refractivity contribution in [2.24, 2.45) is 0 Å². The molecule has 8 nitrogen and oxygen atoms in total. The molecular weight excluding hydrogens is 447 g/mol. The van der Waals surface area contributed by atoms with Crippen LogP contribution in [0.3, 0.4) is 0 Å². The van der Waals surface area contributed by atoms with Gasteiger partial charge in [-0.3, -0.25) is 23.5 Å². The molecular formula is C23H21FN4O4S. The molecule has 0 fully saturated rings. The van der Waals surface area contributed by atoms with Crippen molar-refractivity contribution >= 4 is 27.5 Å². The number of rotatable bonds is 3. The van der Waals surface area contributed by atoms with Crippen LogP contribution in [0.4, 0.5) is 10.1 Å². The smallest absolute Gasteiger partial charge is 0.281 e. The first-order chi connectivity index (χ1) is 15.8. The fraction of sp³-hybridized carbons (Fsp3) is 0.130. The van der Waals surface area contributed by atoms with Gasteiger partial charge >= 0.3 is 0 Å². The Morgan fingerprint density at radius 3 is 2.64 bits per heavy atom. The van der Waals surface area contributed by atoms with Gasteiger partial charge in [0.1, 0.15) is 16.4 Å². The molecule has 10 heteroatoms. The minimum absolute atomic E-state index is 0.0608. The molecule has 0 bridgehead atoms. The Morgan fingerprint density at radius 2 is 1.88 bits per heavy atom. The lowest BCUT2D eigenvalue weighted by atomic mass is 10.1. The lowest BCUT2D eigenvalue weighted by Gasteiger charge is -2.44. The second-order valence-corrected chi connectivity index (χ2v) is 9.54. The highest BCUT2D eigenvalue weighted by Crippen LogP contribution is 2.52. The Morgan fingerprint density at radius 1 is 1.12 bits per heavy atom. The molecule has 5 rings (SSSR count). The van der Waals surface area contributed by atoms with Crippen molar-refractivity contribution in [1.82, 2.24) is 14.4 Å². The fourth-order valence-electron chi connectivity index (χ4n) is 4.12. The highest BCUT2D eigenvalue weighted by Gasteiger charge is 2.36. The molecule has 0 spiro atoms. The SMILES string of the molecule is Cc1ccc(F)c2c1CN(c1c(O)c3cccnc3n(Cc3ccccc3)c1=O)NS2(O)O. The number of aromatic hydroxyl groups is 1. The van der Waals surface area contributed by atoms with Crippen LogP contribution < -0.4 is 15.4 Å². The van der Waals surface area contributed by atoms with Gasteiger partial charge in [0.2, 0.25) is 0 Å². The molecule has 1 aliphatic rings. The van der Waals surface area contributed by atoms with Crippen LogP contribution in [0.15, 0.2) is 70.5 Å². The molecule has 2 aromatic heterocycles. The van der Waals surface area contributed by atoms with Gasteiger partial charge in [0.05, 0.1) is 18.5 Å². The predicted octanol–water partition coefficient (Wildman–Crippen LogP) is 4.15. The fourth-order valence-corrected chi connectivity index (χ4v) is 5.59. The molecule has 4 aromatic rings. The number of aryl methyl sites for hydroxylation is 1. The first-order valence-electron chi connectivity index (χ1n) is 10.1. The minimum Gasteiger partial charge on any atom is -0.505 e. The van der Waals surface area contributed by atoms with Crippen LogP contribution in [0.5, 0.6) is 5.75 Å². The maximum Gasteiger partial charge on any atom is 0.281 e. The number of halogens is 1. The second-order valence-electron chi connectivity index (χ2n) is 7.85. The number of aromatic nitrogens is 2. The van der Waals surface area contributed by atoms with E-state index >= 15 is 0 Å². The van der Waals surface area contributed by atoms with E-state index in [4.69, 9.17) is 0 Å². The summed E-state index contributed by atoms with van der Waals surface area (Å²) in [5, 5.41) is 12.6. The van der Waals surface area contributed by atoms with E-state index in [1.165, 1.54) is 27.9 Å². The van der Waals surface area contributed by atoms with E-state index in [9.17, 15) is 23.4 Å². The Bertz CT molecular complexity index is 1440. The van der Waals surface area contributed by atoms with Gasteiger partial charge in [0.25, 0.3) is 5.56 Å². The van der Waals surface area contributed by atoms with Crippen molar-refractivity contribution in [3.05, 3.63) is 93.7 Å². The summed E-state index contributed by atoms with van der Waals surface area (Å²) in [5.74, 6) is -1.11. The molecule has 0 amide bonds. The Balaban J connectivity index is 1.72. The van der Waals surface area contributed by atoms with E-state index in [0.29, 0.717) is 22.2 Å². The summed E-state index contributed by atoms with van der Waals surface area (Å²) in [4.78, 5) is 20.2. The first kappa shape index (κ1) is 21.4. The predicted molar refractivity (Wildman–Crippen MR) is 125 cm³/mol. The molecule has 0 atom stereocenters. The third-order valence-corrected chi connectivity index (χ3v) is 7.19.